The van der Waals surface area contributed by atoms with Crippen LogP contribution in [-0.2, 0) is 9.53 Å². The van der Waals surface area contributed by atoms with Gasteiger partial charge in [-0.05, 0) is 19.1 Å². The van der Waals surface area contributed by atoms with Crippen LogP contribution in [-0.4, -0.2) is 25.8 Å². The Hall–Kier alpha value is -2.17. The van der Waals surface area contributed by atoms with Crippen LogP contribution in [0.5, 0.6) is 5.75 Å². The lowest BCUT2D eigenvalue weighted by atomic mass is 10.2. The molecule has 0 fully saturated rings. The molecule has 1 aromatic carbocycles. The number of ether oxygens (including phenoxy) is 2. The van der Waals surface area contributed by atoms with Crippen LogP contribution in [0.2, 0.25) is 0 Å². The molecule has 2 rings (SSSR count). The van der Waals surface area contributed by atoms with Crippen molar-refractivity contribution in [2.24, 2.45) is 4.99 Å². The highest BCUT2D eigenvalue weighted by Gasteiger charge is 2.21. The molecule has 0 aliphatic rings. The van der Waals surface area contributed by atoms with Gasteiger partial charge >= 0.3 is 5.97 Å². The largest absolute Gasteiger partial charge is 0.496 e. The molecule has 0 aliphatic heterocycles. The molecule has 0 unspecified atom stereocenters. The Morgan fingerprint density at radius 3 is 2.89 bits per heavy atom. The van der Waals surface area contributed by atoms with E-state index in [0.717, 1.165) is 4.70 Å². The molecule has 98 valence electrons. The summed E-state index contributed by atoms with van der Waals surface area (Å²) in [7, 11) is 1.52. The highest BCUT2D eigenvalue weighted by atomic mass is 32.1. The summed E-state index contributed by atoms with van der Waals surface area (Å²) in [5.41, 5.74) is 0.255. The van der Waals surface area contributed by atoms with Crippen LogP contribution >= 0.6 is 11.3 Å². The van der Waals surface area contributed by atoms with E-state index in [2.05, 4.69) is 4.99 Å². The molecule has 0 radical (unpaired) electrons. The number of rotatable bonds is 4. The average molecular weight is 277 g/mol. The second kappa shape index (κ2) is 5.65. The Morgan fingerprint density at radius 2 is 2.26 bits per heavy atom. The monoisotopic (exact) mass is 277 g/mol. The minimum absolute atomic E-state index is 0.255. The first-order chi connectivity index (χ1) is 9.22. The molecular formula is C13H11NO4S. The fraction of sp³-hybridized carbons (Fsp3) is 0.231. The van der Waals surface area contributed by atoms with E-state index < -0.39 is 5.97 Å². The van der Waals surface area contributed by atoms with E-state index in [1.807, 2.05) is 6.07 Å². The summed E-state index contributed by atoms with van der Waals surface area (Å²) < 4.78 is 11.0. The predicted octanol–water partition coefficient (Wildman–Crippen LogP) is 3.05. The maximum Gasteiger partial charge on any atom is 0.350 e. The Balaban J connectivity index is 2.74. The smallest absolute Gasteiger partial charge is 0.350 e. The molecule has 0 aliphatic carbocycles. The molecule has 1 heterocycles. The minimum Gasteiger partial charge on any atom is -0.496 e. The molecule has 0 atom stereocenters. The van der Waals surface area contributed by atoms with Gasteiger partial charge in [0.25, 0.3) is 0 Å². The standard InChI is InChI=1S/C13H11NO4S/c1-3-18-13(16)12-11(14-7-15)10-8(17-2)5-4-6-9(10)19-12/h4-6H,3H2,1-2H3. The van der Waals surface area contributed by atoms with E-state index >= 15 is 0 Å². The number of nitrogens with zero attached hydrogens (tertiary/aromatic N) is 1. The fourth-order valence-corrected chi connectivity index (χ4v) is 2.81. The Bertz CT molecular complexity index is 671. The number of aliphatic imine (C=N–C) groups is 1. The van der Waals surface area contributed by atoms with Gasteiger partial charge in [-0.25, -0.2) is 9.59 Å². The minimum atomic E-state index is -0.500. The third-order valence-electron chi connectivity index (χ3n) is 2.49. The van der Waals surface area contributed by atoms with E-state index in [-0.39, 0.29) is 17.2 Å². The average Bonchev–Trinajstić information content (AvgIpc) is 2.78. The fourth-order valence-electron chi connectivity index (χ4n) is 1.76. The molecule has 0 amide bonds. The van der Waals surface area contributed by atoms with Gasteiger partial charge in [-0.3, -0.25) is 0 Å². The van der Waals surface area contributed by atoms with Crippen molar-refractivity contribution in [3.63, 3.8) is 0 Å². The highest BCUT2D eigenvalue weighted by molar-refractivity contribution is 7.21. The van der Waals surface area contributed by atoms with Crippen LogP contribution in [0, 0.1) is 0 Å². The predicted molar refractivity (Wildman–Crippen MR) is 72.1 cm³/mol. The summed E-state index contributed by atoms with van der Waals surface area (Å²) in [4.78, 5) is 26.3. The molecule has 1 aromatic heterocycles. The van der Waals surface area contributed by atoms with Crippen molar-refractivity contribution in [1.29, 1.82) is 0 Å². The zero-order valence-corrected chi connectivity index (χ0v) is 11.2. The van der Waals surface area contributed by atoms with Crippen molar-refractivity contribution in [3.8, 4) is 5.75 Å². The number of thiophene rings is 1. The Labute approximate surface area is 113 Å². The van der Waals surface area contributed by atoms with Gasteiger partial charge in [-0.15, -0.1) is 11.3 Å². The van der Waals surface area contributed by atoms with Gasteiger partial charge < -0.3 is 9.47 Å². The molecular weight excluding hydrogens is 266 g/mol. The maximum atomic E-state index is 11.9. The molecule has 0 N–H and O–H groups in total. The Kier molecular flexibility index (Phi) is 3.94. The summed E-state index contributed by atoms with van der Waals surface area (Å²) in [5, 5.41) is 0.626. The number of carbonyl (C=O) groups is 1. The molecule has 0 saturated heterocycles. The van der Waals surface area contributed by atoms with Gasteiger partial charge in [0.1, 0.15) is 16.3 Å². The van der Waals surface area contributed by atoms with E-state index in [4.69, 9.17) is 9.47 Å². The van der Waals surface area contributed by atoms with Gasteiger partial charge in [0.2, 0.25) is 6.08 Å². The number of fused-ring (bicyclic) bond motifs is 1. The van der Waals surface area contributed by atoms with Gasteiger partial charge in [0.15, 0.2) is 0 Å². The lowest BCUT2D eigenvalue weighted by molar-refractivity contribution is 0.0533. The Morgan fingerprint density at radius 1 is 1.47 bits per heavy atom. The third kappa shape index (κ3) is 2.36. The number of isocyanates is 1. The van der Waals surface area contributed by atoms with Crippen LogP contribution in [0.3, 0.4) is 0 Å². The number of methoxy groups -OCH3 is 1. The lowest BCUT2D eigenvalue weighted by Gasteiger charge is -2.02. The second-order valence-corrected chi connectivity index (χ2v) is 4.59. The van der Waals surface area contributed by atoms with Crippen molar-refractivity contribution < 1.29 is 19.1 Å². The summed E-state index contributed by atoms with van der Waals surface area (Å²) in [6.45, 7) is 1.98. The first-order valence-electron chi connectivity index (χ1n) is 5.57. The van der Waals surface area contributed by atoms with Gasteiger partial charge in [-0.1, -0.05) is 6.07 Å². The SMILES string of the molecule is CCOC(=O)c1sc2cccc(OC)c2c1N=C=O. The van der Waals surface area contributed by atoms with Crippen molar-refractivity contribution in [2.75, 3.05) is 13.7 Å². The van der Waals surface area contributed by atoms with E-state index in [9.17, 15) is 9.59 Å². The first kappa shape index (κ1) is 13.3. The first-order valence-corrected chi connectivity index (χ1v) is 6.39. The number of hydrogen-bond acceptors (Lipinski definition) is 6. The molecule has 19 heavy (non-hydrogen) atoms. The maximum absolute atomic E-state index is 11.9. The molecule has 5 nitrogen and oxygen atoms in total. The topological polar surface area (TPSA) is 65.0 Å². The number of carbonyl (C=O) groups excluding carboxylic acids is 2. The molecule has 2 aromatic rings. The van der Waals surface area contributed by atoms with Crippen LogP contribution in [0.15, 0.2) is 23.2 Å². The third-order valence-corrected chi connectivity index (χ3v) is 3.61. The number of esters is 1. The second-order valence-electron chi connectivity index (χ2n) is 3.54. The molecule has 0 saturated carbocycles. The van der Waals surface area contributed by atoms with Crippen molar-refractivity contribution in [1.82, 2.24) is 0 Å². The van der Waals surface area contributed by atoms with Crippen LogP contribution in [0.1, 0.15) is 16.6 Å². The number of benzene rings is 1. The normalized spacial score (nSPS) is 10.0. The van der Waals surface area contributed by atoms with Crippen molar-refractivity contribution >= 4 is 39.2 Å². The molecule has 6 heteroatoms. The zero-order valence-electron chi connectivity index (χ0n) is 10.4. The van der Waals surface area contributed by atoms with Gasteiger partial charge in [0.05, 0.1) is 19.1 Å². The van der Waals surface area contributed by atoms with Crippen molar-refractivity contribution in [3.05, 3.63) is 23.1 Å². The lowest BCUT2D eigenvalue weighted by Crippen LogP contribution is -2.02. The van der Waals surface area contributed by atoms with Crippen LogP contribution < -0.4 is 4.74 Å². The van der Waals surface area contributed by atoms with E-state index in [1.165, 1.54) is 24.5 Å². The highest BCUT2D eigenvalue weighted by Crippen LogP contribution is 2.43. The summed E-state index contributed by atoms with van der Waals surface area (Å²) >= 11 is 1.21. The summed E-state index contributed by atoms with van der Waals surface area (Å²) in [6.07, 6.45) is 1.47. The number of hydrogen-bond donors (Lipinski definition) is 0. The molecule has 0 bridgehead atoms. The van der Waals surface area contributed by atoms with Gasteiger partial charge in [-0.2, -0.15) is 4.99 Å². The zero-order chi connectivity index (χ0) is 13.8. The van der Waals surface area contributed by atoms with Crippen LogP contribution in [0.25, 0.3) is 10.1 Å². The van der Waals surface area contributed by atoms with E-state index in [1.54, 1.807) is 19.1 Å². The van der Waals surface area contributed by atoms with Crippen molar-refractivity contribution in [2.45, 2.75) is 6.92 Å². The summed E-state index contributed by atoms with van der Waals surface area (Å²) in [5.74, 6) is 0.0538. The summed E-state index contributed by atoms with van der Waals surface area (Å²) in [6, 6.07) is 5.38. The van der Waals surface area contributed by atoms with Crippen LogP contribution in [0.4, 0.5) is 5.69 Å². The van der Waals surface area contributed by atoms with Gasteiger partial charge in [0, 0.05) is 4.70 Å². The quantitative estimate of drug-likeness (QED) is 0.489. The van der Waals surface area contributed by atoms with E-state index in [0.29, 0.717) is 11.1 Å². The molecule has 0 spiro atoms.